The molecule has 150 valence electrons. The van der Waals surface area contributed by atoms with Gasteiger partial charge in [-0.05, 0) is 41.0 Å². The van der Waals surface area contributed by atoms with Gasteiger partial charge in [0, 0.05) is 12.5 Å². The Balaban J connectivity index is 2.18. The third kappa shape index (κ3) is 3.55. The number of fused-ring (bicyclic) bond motifs is 3. The van der Waals surface area contributed by atoms with Gasteiger partial charge in [-0.25, -0.2) is 0 Å². The summed E-state index contributed by atoms with van der Waals surface area (Å²) in [6.07, 6.45) is 6.66. The van der Waals surface area contributed by atoms with Crippen LogP contribution in [-0.2, 0) is 14.9 Å². The molecule has 2 aromatic rings. The van der Waals surface area contributed by atoms with Gasteiger partial charge < -0.3 is 9.53 Å². The summed E-state index contributed by atoms with van der Waals surface area (Å²) >= 11 is 0. The summed E-state index contributed by atoms with van der Waals surface area (Å²) in [5, 5.41) is 0. The Kier molecular flexibility index (Phi) is 7.07. The largest absolute Gasteiger partial charge is 0.380 e. The van der Waals surface area contributed by atoms with Gasteiger partial charge in [-0.3, -0.25) is 0 Å². The molecule has 28 heavy (non-hydrogen) atoms. The van der Waals surface area contributed by atoms with Gasteiger partial charge >= 0.3 is 0 Å². The van der Waals surface area contributed by atoms with Crippen LogP contribution in [0, 0.1) is 11.8 Å². The third-order valence-corrected chi connectivity index (χ3v) is 6.46. The second kappa shape index (κ2) is 9.52. The Bertz CT molecular complexity index is 734. The maximum atomic E-state index is 12.7. The molecule has 0 fully saturated rings. The highest BCUT2D eigenvalue weighted by molar-refractivity contribution is 5.83. The molecule has 0 amide bonds. The van der Waals surface area contributed by atoms with Crippen molar-refractivity contribution < 1.29 is 9.53 Å². The van der Waals surface area contributed by atoms with Gasteiger partial charge in [0.2, 0.25) is 0 Å². The fourth-order valence-corrected chi connectivity index (χ4v) is 5.08. The molecule has 0 N–H and O–H groups in total. The smallest absolute Gasteiger partial charge is 0.124 e. The van der Waals surface area contributed by atoms with Crippen molar-refractivity contribution in [3.05, 3.63) is 59.7 Å². The highest BCUT2D eigenvalue weighted by atomic mass is 16.5. The lowest BCUT2D eigenvalue weighted by Gasteiger charge is -2.40. The van der Waals surface area contributed by atoms with Crippen molar-refractivity contribution in [3.63, 3.8) is 0 Å². The number of hydrogen-bond acceptors (Lipinski definition) is 2. The van der Waals surface area contributed by atoms with E-state index < -0.39 is 5.41 Å². The maximum Gasteiger partial charge on any atom is 0.124 e. The molecule has 0 saturated heterocycles. The van der Waals surface area contributed by atoms with Crippen molar-refractivity contribution in [1.29, 1.82) is 0 Å². The Labute approximate surface area is 170 Å². The molecule has 0 saturated carbocycles. The predicted molar refractivity (Wildman–Crippen MR) is 117 cm³/mol. The van der Waals surface area contributed by atoms with Crippen molar-refractivity contribution in [3.8, 4) is 11.1 Å². The van der Waals surface area contributed by atoms with E-state index in [0.29, 0.717) is 12.5 Å². The highest BCUT2D eigenvalue weighted by Gasteiger charge is 2.50. The van der Waals surface area contributed by atoms with E-state index in [2.05, 4.69) is 69.3 Å². The van der Waals surface area contributed by atoms with E-state index in [1.807, 2.05) is 0 Å². The fourth-order valence-electron chi connectivity index (χ4n) is 5.08. The molecule has 0 aromatic heterocycles. The summed E-state index contributed by atoms with van der Waals surface area (Å²) < 4.78 is 6.21. The van der Waals surface area contributed by atoms with Crippen LogP contribution in [0.2, 0.25) is 0 Å². The van der Waals surface area contributed by atoms with Crippen LogP contribution in [0.5, 0.6) is 0 Å². The Morgan fingerprint density at radius 2 is 1.54 bits per heavy atom. The van der Waals surface area contributed by atoms with Gasteiger partial charge in [0.05, 0.1) is 12.0 Å². The normalized spacial score (nSPS) is 16.2. The van der Waals surface area contributed by atoms with Gasteiger partial charge in [-0.15, -0.1) is 0 Å². The molecule has 2 heteroatoms. The summed E-state index contributed by atoms with van der Waals surface area (Å²) in [4.78, 5) is 12.7. The monoisotopic (exact) mass is 378 g/mol. The summed E-state index contributed by atoms with van der Waals surface area (Å²) in [6.45, 7) is 7.88. The average Bonchev–Trinajstić information content (AvgIpc) is 3.02. The summed E-state index contributed by atoms with van der Waals surface area (Å²) in [7, 11) is 0. The second-order valence-electron chi connectivity index (χ2n) is 8.09. The molecular formula is C26H34O2. The van der Waals surface area contributed by atoms with Crippen LogP contribution < -0.4 is 0 Å². The minimum absolute atomic E-state index is 0.0780. The summed E-state index contributed by atoms with van der Waals surface area (Å²) in [5.74, 6) is 0.285. The fraction of sp³-hybridized carbons (Fsp3) is 0.500. The van der Waals surface area contributed by atoms with E-state index in [9.17, 15) is 4.79 Å². The summed E-state index contributed by atoms with van der Waals surface area (Å²) in [5.41, 5.74) is 4.66. The van der Waals surface area contributed by atoms with E-state index in [1.54, 1.807) is 0 Å². The molecule has 0 radical (unpaired) electrons. The van der Waals surface area contributed by atoms with E-state index in [-0.39, 0.29) is 5.92 Å². The van der Waals surface area contributed by atoms with E-state index >= 15 is 0 Å². The molecule has 0 spiro atoms. The minimum Gasteiger partial charge on any atom is -0.380 e. The number of rotatable bonds is 11. The molecule has 2 unspecified atom stereocenters. The zero-order valence-corrected chi connectivity index (χ0v) is 17.6. The van der Waals surface area contributed by atoms with Gasteiger partial charge in [0.1, 0.15) is 6.29 Å². The van der Waals surface area contributed by atoms with Crippen molar-refractivity contribution in [2.75, 3.05) is 13.2 Å². The lowest BCUT2D eigenvalue weighted by Crippen LogP contribution is -2.44. The quantitative estimate of drug-likeness (QED) is 0.333. The van der Waals surface area contributed by atoms with Crippen molar-refractivity contribution in [2.24, 2.45) is 11.8 Å². The standard InChI is InChI=1S/C26H34O2/c1-4-7-12-20(6-3)25(18-27)26(19-28-17-5-2)23-15-10-8-13-21(23)22-14-9-11-16-24(22)26/h8-11,13-16,18,20,25H,4-7,12,17,19H2,1-3H3. The van der Waals surface area contributed by atoms with Gasteiger partial charge in [0.15, 0.2) is 0 Å². The van der Waals surface area contributed by atoms with Crippen LogP contribution in [0.25, 0.3) is 11.1 Å². The number of hydrogen-bond donors (Lipinski definition) is 0. The van der Waals surface area contributed by atoms with E-state index in [4.69, 9.17) is 4.74 Å². The highest BCUT2D eigenvalue weighted by Crippen LogP contribution is 2.54. The first-order valence-corrected chi connectivity index (χ1v) is 11.0. The van der Waals surface area contributed by atoms with E-state index in [0.717, 1.165) is 38.7 Å². The van der Waals surface area contributed by atoms with Crippen molar-refractivity contribution in [1.82, 2.24) is 0 Å². The molecule has 2 nitrogen and oxygen atoms in total. The molecular weight excluding hydrogens is 344 g/mol. The number of unbranched alkanes of at least 4 members (excludes halogenated alkanes) is 1. The zero-order valence-electron chi connectivity index (χ0n) is 17.6. The van der Waals surface area contributed by atoms with Gasteiger partial charge in [-0.2, -0.15) is 0 Å². The van der Waals surface area contributed by atoms with Crippen LogP contribution in [0.1, 0.15) is 64.0 Å². The van der Waals surface area contributed by atoms with Crippen LogP contribution >= 0.6 is 0 Å². The molecule has 1 aliphatic rings. The molecule has 0 heterocycles. The lowest BCUT2D eigenvalue weighted by molar-refractivity contribution is -0.115. The topological polar surface area (TPSA) is 26.3 Å². The molecule has 0 bridgehead atoms. The average molecular weight is 379 g/mol. The first kappa shape index (κ1) is 20.8. The lowest BCUT2D eigenvalue weighted by atomic mass is 9.63. The molecule has 2 atom stereocenters. The Hall–Kier alpha value is -1.93. The van der Waals surface area contributed by atoms with Crippen molar-refractivity contribution in [2.45, 2.75) is 58.3 Å². The first-order valence-electron chi connectivity index (χ1n) is 11.0. The van der Waals surface area contributed by atoms with Crippen LogP contribution in [0.3, 0.4) is 0 Å². The van der Waals surface area contributed by atoms with E-state index in [1.165, 1.54) is 28.5 Å². The molecule has 1 aliphatic carbocycles. The number of carbonyl (C=O) groups is 1. The third-order valence-electron chi connectivity index (χ3n) is 6.46. The minimum atomic E-state index is -0.390. The van der Waals surface area contributed by atoms with Gasteiger partial charge in [-0.1, -0.05) is 88.6 Å². The number of ether oxygens (including phenoxy) is 1. The number of aldehydes is 1. The van der Waals surface area contributed by atoms with Crippen molar-refractivity contribution >= 4 is 6.29 Å². The Morgan fingerprint density at radius 1 is 0.929 bits per heavy atom. The second-order valence-corrected chi connectivity index (χ2v) is 8.09. The molecule has 2 aromatic carbocycles. The van der Waals surface area contributed by atoms with Crippen LogP contribution in [-0.4, -0.2) is 19.5 Å². The zero-order chi connectivity index (χ0) is 20.0. The number of benzene rings is 2. The van der Waals surface area contributed by atoms with Crippen LogP contribution in [0.15, 0.2) is 48.5 Å². The Morgan fingerprint density at radius 3 is 2.04 bits per heavy atom. The van der Waals surface area contributed by atoms with Crippen LogP contribution in [0.4, 0.5) is 0 Å². The molecule has 0 aliphatic heterocycles. The van der Waals surface area contributed by atoms with Gasteiger partial charge in [0.25, 0.3) is 0 Å². The first-order chi connectivity index (χ1) is 13.7. The number of carbonyl (C=O) groups excluding carboxylic acids is 1. The predicted octanol–water partition coefficient (Wildman–Crippen LogP) is 6.41. The SMILES string of the molecule is CCCCC(CC)C(C=O)C1(COCCC)c2ccccc2-c2ccccc21. The summed E-state index contributed by atoms with van der Waals surface area (Å²) in [6, 6.07) is 17.2. The maximum absolute atomic E-state index is 12.7. The molecule has 3 rings (SSSR count).